The van der Waals surface area contributed by atoms with Crippen LogP contribution in [0.1, 0.15) is 52.4 Å². The fourth-order valence-corrected chi connectivity index (χ4v) is 5.85. The number of likely N-dealkylation sites (tertiary alicyclic amines) is 1. The molecule has 4 aliphatic carbocycles. The van der Waals surface area contributed by atoms with Gasteiger partial charge in [0.05, 0.1) is 5.92 Å². The van der Waals surface area contributed by atoms with Gasteiger partial charge in [-0.15, -0.1) is 0 Å². The molecule has 0 aromatic carbocycles. The molecule has 1 unspecified atom stereocenters. The SMILES string of the molecule is CC(C)N1CC(C(=O)NC2C3CC4CC(C3)CC2C4)CC1=O. The van der Waals surface area contributed by atoms with Gasteiger partial charge in [0, 0.05) is 25.0 Å². The molecule has 1 atom stereocenters. The van der Waals surface area contributed by atoms with E-state index in [2.05, 4.69) is 5.32 Å². The van der Waals surface area contributed by atoms with Crippen LogP contribution >= 0.6 is 0 Å². The van der Waals surface area contributed by atoms with Gasteiger partial charge >= 0.3 is 0 Å². The second-order valence-electron chi connectivity index (χ2n) is 8.51. The Hall–Kier alpha value is -1.06. The standard InChI is InChI=1S/C18H28N2O2/c1-10(2)20-9-15(8-16(20)21)18(22)19-17-13-4-11-3-12(6-13)7-14(17)5-11/h10-15,17H,3-9H2,1-2H3,(H,19,22). The van der Waals surface area contributed by atoms with Crippen molar-refractivity contribution in [1.29, 1.82) is 0 Å². The summed E-state index contributed by atoms with van der Waals surface area (Å²) in [7, 11) is 0. The average Bonchev–Trinajstić information content (AvgIpc) is 2.84. The number of hydrogen-bond donors (Lipinski definition) is 1. The van der Waals surface area contributed by atoms with Crippen LogP contribution in [0.25, 0.3) is 0 Å². The summed E-state index contributed by atoms with van der Waals surface area (Å²) in [6, 6.07) is 0.593. The average molecular weight is 304 g/mol. The van der Waals surface area contributed by atoms with Crippen LogP contribution in [-0.4, -0.2) is 35.3 Å². The van der Waals surface area contributed by atoms with E-state index in [1.54, 1.807) is 0 Å². The predicted octanol–water partition coefficient (Wildman–Crippen LogP) is 2.18. The number of hydrogen-bond acceptors (Lipinski definition) is 2. The van der Waals surface area contributed by atoms with E-state index in [0.29, 0.717) is 30.8 Å². The maximum Gasteiger partial charge on any atom is 0.225 e. The van der Waals surface area contributed by atoms with Crippen molar-refractivity contribution in [1.82, 2.24) is 10.2 Å². The molecule has 1 saturated heterocycles. The molecule has 1 N–H and O–H groups in total. The van der Waals surface area contributed by atoms with Crippen LogP contribution in [0, 0.1) is 29.6 Å². The van der Waals surface area contributed by atoms with Crippen LogP contribution in [-0.2, 0) is 9.59 Å². The number of nitrogens with one attached hydrogen (secondary N) is 1. The second-order valence-corrected chi connectivity index (χ2v) is 8.51. The monoisotopic (exact) mass is 304 g/mol. The molecule has 122 valence electrons. The van der Waals surface area contributed by atoms with Gasteiger partial charge in [-0.05, 0) is 69.6 Å². The van der Waals surface area contributed by atoms with Gasteiger partial charge in [-0.2, -0.15) is 0 Å². The Morgan fingerprint density at radius 1 is 1.09 bits per heavy atom. The van der Waals surface area contributed by atoms with Gasteiger partial charge < -0.3 is 10.2 Å². The Labute approximate surface area is 133 Å². The molecule has 0 aromatic heterocycles. The first kappa shape index (κ1) is 14.5. The molecule has 4 heteroatoms. The number of nitrogens with zero attached hydrogens (tertiary/aromatic N) is 1. The third kappa shape index (κ3) is 2.35. The van der Waals surface area contributed by atoms with Crippen LogP contribution in [0.15, 0.2) is 0 Å². The third-order valence-corrected chi connectivity index (χ3v) is 6.69. The van der Waals surface area contributed by atoms with E-state index in [0.717, 1.165) is 11.8 Å². The third-order valence-electron chi connectivity index (χ3n) is 6.69. The van der Waals surface area contributed by atoms with E-state index in [1.165, 1.54) is 32.1 Å². The van der Waals surface area contributed by atoms with Gasteiger partial charge in [-0.25, -0.2) is 0 Å². The molecule has 5 fully saturated rings. The molecule has 5 aliphatic rings. The van der Waals surface area contributed by atoms with Gasteiger partial charge in [-0.1, -0.05) is 0 Å². The van der Waals surface area contributed by atoms with Crippen molar-refractivity contribution in [2.24, 2.45) is 29.6 Å². The number of amides is 2. The summed E-state index contributed by atoms with van der Waals surface area (Å²) in [6.07, 6.45) is 7.12. The summed E-state index contributed by atoms with van der Waals surface area (Å²) >= 11 is 0. The fourth-order valence-electron chi connectivity index (χ4n) is 5.85. The van der Waals surface area contributed by atoms with Crippen molar-refractivity contribution in [2.45, 2.75) is 64.5 Å². The molecule has 2 amide bonds. The Kier molecular flexibility index (Phi) is 3.46. The summed E-state index contributed by atoms with van der Waals surface area (Å²) < 4.78 is 0. The Bertz CT molecular complexity index is 459. The van der Waals surface area contributed by atoms with Crippen LogP contribution in [0.4, 0.5) is 0 Å². The summed E-state index contributed by atoms with van der Waals surface area (Å²) in [4.78, 5) is 26.5. The van der Waals surface area contributed by atoms with Crippen molar-refractivity contribution < 1.29 is 9.59 Å². The van der Waals surface area contributed by atoms with Crippen molar-refractivity contribution in [3.05, 3.63) is 0 Å². The van der Waals surface area contributed by atoms with Gasteiger partial charge in [0.25, 0.3) is 0 Å². The Morgan fingerprint density at radius 2 is 1.68 bits per heavy atom. The van der Waals surface area contributed by atoms with Crippen LogP contribution in [0.5, 0.6) is 0 Å². The molecular formula is C18H28N2O2. The van der Waals surface area contributed by atoms with E-state index in [-0.39, 0.29) is 23.8 Å². The van der Waals surface area contributed by atoms with Crippen molar-refractivity contribution in [2.75, 3.05) is 6.54 Å². The van der Waals surface area contributed by atoms with Gasteiger partial charge in [0.1, 0.15) is 0 Å². The topological polar surface area (TPSA) is 49.4 Å². The molecule has 5 rings (SSSR count). The van der Waals surface area contributed by atoms with E-state index in [9.17, 15) is 9.59 Å². The lowest BCUT2D eigenvalue weighted by Gasteiger charge is -2.54. The number of carbonyl (C=O) groups excluding carboxylic acids is 2. The lowest BCUT2D eigenvalue weighted by Crippen LogP contribution is -2.56. The quantitative estimate of drug-likeness (QED) is 0.869. The van der Waals surface area contributed by atoms with Crippen molar-refractivity contribution >= 4 is 11.8 Å². The molecule has 22 heavy (non-hydrogen) atoms. The second kappa shape index (κ2) is 5.24. The molecule has 4 nitrogen and oxygen atoms in total. The summed E-state index contributed by atoms with van der Waals surface area (Å²) in [5, 5.41) is 3.37. The molecule has 1 aliphatic heterocycles. The molecule has 4 bridgehead atoms. The maximum absolute atomic E-state index is 12.7. The Balaban J connectivity index is 1.40. The molecule has 0 aromatic rings. The minimum atomic E-state index is -0.132. The van der Waals surface area contributed by atoms with Crippen LogP contribution < -0.4 is 5.32 Å². The highest BCUT2D eigenvalue weighted by Gasteiger charge is 2.49. The summed E-state index contributed by atoms with van der Waals surface area (Å²) in [6.45, 7) is 4.65. The van der Waals surface area contributed by atoms with E-state index < -0.39 is 0 Å². The fraction of sp³-hybridized carbons (Fsp3) is 0.889. The molecule has 1 heterocycles. The highest BCUT2D eigenvalue weighted by Crippen LogP contribution is 2.53. The van der Waals surface area contributed by atoms with Crippen LogP contribution in [0.3, 0.4) is 0 Å². The maximum atomic E-state index is 12.7. The normalized spacial score (nSPS) is 43.2. The Morgan fingerprint density at radius 3 is 2.18 bits per heavy atom. The van der Waals surface area contributed by atoms with Gasteiger partial charge in [0.15, 0.2) is 0 Å². The van der Waals surface area contributed by atoms with Crippen molar-refractivity contribution in [3.8, 4) is 0 Å². The number of carbonyl (C=O) groups is 2. The lowest BCUT2D eigenvalue weighted by molar-refractivity contribution is -0.131. The van der Waals surface area contributed by atoms with Crippen LogP contribution in [0.2, 0.25) is 0 Å². The first-order chi connectivity index (χ1) is 10.5. The molecule has 0 spiro atoms. The van der Waals surface area contributed by atoms with Gasteiger partial charge in [0.2, 0.25) is 11.8 Å². The van der Waals surface area contributed by atoms with Gasteiger partial charge in [-0.3, -0.25) is 9.59 Å². The first-order valence-corrected chi connectivity index (χ1v) is 9.11. The highest BCUT2D eigenvalue weighted by molar-refractivity contribution is 5.89. The minimum absolute atomic E-state index is 0.132. The van der Waals surface area contributed by atoms with E-state index in [4.69, 9.17) is 0 Å². The zero-order chi connectivity index (χ0) is 15.4. The zero-order valence-corrected chi connectivity index (χ0v) is 13.8. The molecule has 4 saturated carbocycles. The summed E-state index contributed by atoms with van der Waals surface area (Å²) in [5.41, 5.74) is 0. The predicted molar refractivity (Wildman–Crippen MR) is 83.9 cm³/mol. The van der Waals surface area contributed by atoms with Crippen molar-refractivity contribution in [3.63, 3.8) is 0 Å². The summed E-state index contributed by atoms with van der Waals surface area (Å²) in [5.74, 6) is 3.42. The minimum Gasteiger partial charge on any atom is -0.353 e. The molecule has 0 radical (unpaired) electrons. The smallest absolute Gasteiger partial charge is 0.225 e. The van der Waals surface area contributed by atoms with E-state index >= 15 is 0 Å². The first-order valence-electron chi connectivity index (χ1n) is 9.11. The van der Waals surface area contributed by atoms with E-state index in [1.807, 2.05) is 18.7 Å². The largest absolute Gasteiger partial charge is 0.353 e. The number of rotatable bonds is 3. The lowest BCUT2D eigenvalue weighted by atomic mass is 9.54. The zero-order valence-electron chi connectivity index (χ0n) is 13.8. The molecular weight excluding hydrogens is 276 g/mol. The highest BCUT2D eigenvalue weighted by atomic mass is 16.2.